The summed E-state index contributed by atoms with van der Waals surface area (Å²) in [7, 11) is 0. The van der Waals surface area contributed by atoms with Crippen LogP contribution in [0.15, 0.2) is 11.6 Å². The van der Waals surface area contributed by atoms with Gasteiger partial charge in [-0.25, -0.2) is 0 Å². The van der Waals surface area contributed by atoms with Gasteiger partial charge in [-0.2, -0.15) is 0 Å². The maximum absolute atomic E-state index is 11.7. The first kappa shape index (κ1) is 19.0. The van der Waals surface area contributed by atoms with E-state index in [0.29, 0.717) is 6.42 Å². The van der Waals surface area contributed by atoms with E-state index < -0.39 is 6.10 Å². The van der Waals surface area contributed by atoms with Crippen LogP contribution in [0.5, 0.6) is 0 Å². The van der Waals surface area contributed by atoms with Crippen LogP contribution >= 0.6 is 0 Å². The van der Waals surface area contributed by atoms with Crippen molar-refractivity contribution in [1.29, 1.82) is 0 Å². The smallest absolute Gasteiger partial charge is 0.303 e. The first-order valence-electron chi connectivity index (χ1n) is 8.82. The number of carbonyl (C=O) groups is 2. The van der Waals surface area contributed by atoms with Crippen LogP contribution in [0.25, 0.3) is 0 Å². The highest BCUT2D eigenvalue weighted by Crippen LogP contribution is 2.48. The summed E-state index contributed by atoms with van der Waals surface area (Å²) < 4.78 is 17.3. The molecule has 1 aliphatic carbocycles. The van der Waals surface area contributed by atoms with Gasteiger partial charge < -0.3 is 14.2 Å². The molecule has 5 atom stereocenters. The molecule has 5 nitrogen and oxygen atoms in total. The molecule has 0 aromatic heterocycles. The van der Waals surface area contributed by atoms with E-state index >= 15 is 0 Å². The molecule has 1 heterocycles. The van der Waals surface area contributed by atoms with Crippen molar-refractivity contribution in [1.82, 2.24) is 0 Å². The van der Waals surface area contributed by atoms with Gasteiger partial charge in [0.25, 0.3) is 0 Å². The Balaban J connectivity index is 2.40. The second kappa shape index (κ2) is 7.26. The van der Waals surface area contributed by atoms with Gasteiger partial charge in [0.15, 0.2) is 0 Å². The first-order valence-corrected chi connectivity index (χ1v) is 8.82. The largest absolute Gasteiger partial charge is 0.462 e. The molecule has 0 bridgehead atoms. The van der Waals surface area contributed by atoms with Crippen molar-refractivity contribution in [2.45, 2.75) is 84.7 Å². The number of esters is 2. The van der Waals surface area contributed by atoms with Crippen LogP contribution in [0.3, 0.4) is 0 Å². The predicted octanol–water partition coefficient (Wildman–Crippen LogP) is 3.41. The van der Waals surface area contributed by atoms with Gasteiger partial charge in [-0.05, 0) is 32.6 Å². The summed E-state index contributed by atoms with van der Waals surface area (Å²) in [6, 6.07) is 0. The Hall–Kier alpha value is -1.36. The second-order valence-electron chi connectivity index (χ2n) is 7.69. The molecule has 2 rings (SSSR count). The number of ether oxygens (including phenoxy) is 3. The predicted molar refractivity (Wildman–Crippen MR) is 90.3 cm³/mol. The molecule has 1 fully saturated rings. The van der Waals surface area contributed by atoms with Gasteiger partial charge in [0.1, 0.15) is 18.3 Å². The summed E-state index contributed by atoms with van der Waals surface area (Å²) in [6.45, 7) is 11.1. The van der Waals surface area contributed by atoms with Gasteiger partial charge in [0.05, 0.1) is 5.60 Å². The average molecular weight is 338 g/mol. The zero-order valence-electron chi connectivity index (χ0n) is 15.6. The molecule has 24 heavy (non-hydrogen) atoms. The lowest BCUT2D eigenvalue weighted by molar-refractivity contribution is -0.163. The molecule has 5 heteroatoms. The van der Waals surface area contributed by atoms with E-state index in [-0.39, 0.29) is 41.6 Å². The Morgan fingerprint density at radius 1 is 1.25 bits per heavy atom. The summed E-state index contributed by atoms with van der Waals surface area (Å²) in [5.41, 5.74) is 0.915. The van der Waals surface area contributed by atoms with Gasteiger partial charge in [-0.15, -0.1) is 0 Å². The average Bonchev–Trinajstić information content (AvgIpc) is 3.07. The van der Waals surface area contributed by atoms with Crippen LogP contribution in [0.2, 0.25) is 0 Å². The fraction of sp³-hybridized carbons (Fsp3) is 0.789. The maximum atomic E-state index is 11.7. The van der Waals surface area contributed by atoms with Crippen LogP contribution in [0.4, 0.5) is 0 Å². The third-order valence-electron chi connectivity index (χ3n) is 5.09. The molecular formula is C19H30O5. The molecule has 0 aromatic rings. The van der Waals surface area contributed by atoms with Crippen molar-refractivity contribution < 1.29 is 23.8 Å². The molecule has 1 aliphatic heterocycles. The number of hydrogen-bond acceptors (Lipinski definition) is 5. The molecule has 0 N–H and O–H groups in total. The minimum Gasteiger partial charge on any atom is -0.462 e. The van der Waals surface area contributed by atoms with Crippen molar-refractivity contribution in [3.8, 4) is 0 Å². The highest BCUT2D eigenvalue weighted by Gasteiger charge is 2.60. The lowest BCUT2D eigenvalue weighted by atomic mass is 9.78. The Bertz CT molecular complexity index is 524. The molecule has 1 saturated heterocycles. The summed E-state index contributed by atoms with van der Waals surface area (Å²) in [6.07, 6.45) is 3.80. The number of epoxide rings is 1. The Kier molecular flexibility index (Phi) is 5.74. The molecule has 0 aromatic carbocycles. The summed E-state index contributed by atoms with van der Waals surface area (Å²) in [4.78, 5) is 23.3. The standard InChI is InChI=1S/C19H30O5/c1-11(2)16-15(22-13(4)20)10-12(3)8-7-9-19(6)18(24-19)17(16)23-14(5)21/h8,11,15-18H,7,9-10H2,1-6H3/b12-8+/t15-,16+,17+,18-,19+/m0/s1. The summed E-state index contributed by atoms with van der Waals surface area (Å²) in [5.74, 6) is -0.559. The Labute approximate surface area is 144 Å². The van der Waals surface area contributed by atoms with Crippen molar-refractivity contribution >= 4 is 11.9 Å². The van der Waals surface area contributed by atoms with Crippen LogP contribution < -0.4 is 0 Å². The van der Waals surface area contributed by atoms with Gasteiger partial charge >= 0.3 is 11.9 Å². The van der Waals surface area contributed by atoms with Crippen LogP contribution in [0, 0.1) is 11.8 Å². The third kappa shape index (κ3) is 4.38. The fourth-order valence-electron chi connectivity index (χ4n) is 3.90. The highest BCUT2D eigenvalue weighted by atomic mass is 16.6. The van der Waals surface area contributed by atoms with Crippen molar-refractivity contribution in [3.05, 3.63) is 11.6 Å². The molecule has 0 unspecified atom stereocenters. The molecule has 0 radical (unpaired) electrons. The number of carbonyl (C=O) groups excluding carboxylic acids is 2. The Morgan fingerprint density at radius 3 is 2.42 bits per heavy atom. The fourth-order valence-corrected chi connectivity index (χ4v) is 3.90. The lowest BCUT2D eigenvalue weighted by Gasteiger charge is -2.36. The van der Waals surface area contributed by atoms with E-state index in [1.54, 1.807) is 0 Å². The van der Waals surface area contributed by atoms with Crippen LogP contribution in [-0.4, -0.2) is 35.9 Å². The molecule has 0 amide bonds. The van der Waals surface area contributed by atoms with Gasteiger partial charge in [-0.3, -0.25) is 9.59 Å². The monoisotopic (exact) mass is 338 g/mol. The van der Waals surface area contributed by atoms with Gasteiger partial charge in [0.2, 0.25) is 0 Å². The molecule has 2 aliphatic rings. The number of hydrogen-bond donors (Lipinski definition) is 0. The minimum atomic E-state index is -0.400. The van der Waals surface area contributed by atoms with Crippen molar-refractivity contribution in [3.63, 3.8) is 0 Å². The topological polar surface area (TPSA) is 65.1 Å². The van der Waals surface area contributed by atoms with Crippen LogP contribution in [0.1, 0.15) is 60.8 Å². The number of rotatable bonds is 3. The van der Waals surface area contributed by atoms with E-state index in [0.717, 1.165) is 12.8 Å². The molecule has 136 valence electrons. The number of fused-ring (bicyclic) bond motifs is 1. The molecule has 0 saturated carbocycles. The summed E-state index contributed by atoms with van der Waals surface area (Å²) in [5, 5.41) is 0. The van der Waals surface area contributed by atoms with E-state index in [1.165, 1.54) is 19.4 Å². The SMILES string of the molecule is CC(=O)O[C@@H]1[C@H](C(C)C)[C@@H](OC(C)=O)C/C(C)=C/CC[C@@]2(C)O[C@@H]12. The zero-order valence-corrected chi connectivity index (χ0v) is 15.6. The normalized spacial score (nSPS) is 38.5. The van der Waals surface area contributed by atoms with Crippen molar-refractivity contribution in [2.24, 2.45) is 11.8 Å². The van der Waals surface area contributed by atoms with E-state index in [9.17, 15) is 9.59 Å². The highest BCUT2D eigenvalue weighted by molar-refractivity contribution is 5.67. The maximum Gasteiger partial charge on any atom is 0.303 e. The van der Waals surface area contributed by atoms with E-state index in [2.05, 4.69) is 33.8 Å². The minimum absolute atomic E-state index is 0.105. The number of allylic oxidation sites excluding steroid dienone is 1. The quantitative estimate of drug-likeness (QED) is 0.448. The first-order chi connectivity index (χ1) is 11.1. The van der Waals surface area contributed by atoms with Gasteiger partial charge in [-0.1, -0.05) is 25.5 Å². The van der Waals surface area contributed by atoms with E-state index in [4.69, 9.17) is 14.2 Å². The van der Waals surface area contributed by atoms with E-state index in [1.807, 2.05) is 0 Å². The molecular weight excluding hydrogens is 308 g/mol. The van der Waals surface area contributed by atoms with Gasteiger partial charge in [0, 0.05) is 26.2 Å². The van der Waals surface area contributed by atoms with Crippen molar-refractivity contribution in [2.75, 3.05) is 0 Å². The lowest BCUT2D eigenvalue weighted by Crippen LogP contribution is -2.45. The Morgan fingerprint density at radius 2 is 1.88 bits per heavy atom. The second-order valence-corrected chi connectivity index (χ2v) is 7.69. The zero-order chi connectivity index (χ0) is 18.1. The van der Waals surface area contributed by atoms with Crippen LogP contribution in [-0.2, 0) is 23.8 Å². The molecule has 0 spiro atoms. The summed E-state index contributed by atoms with van der Waals surface area (Å²) >= 11 is 0. The third-order valence-corrected chi connectivity index (χ3v) is 5.09.